The van der Waals surface area contributed by atoms with Gasteiger partial charge < -0.3 is 5.32 Å². The van der Waals surface area contributed by atoms with Crippen LogP contribution in [-0.4, -0.2) is 36.0 Å². The summed E-state index contributed by atoms with van der Waals surface area (Å²) in [4.78, 5) is 39.6. The summed E-state index contributed by atoms with van der Waals surface area (Å²) in [5.74, 6) is -1.25. The number of rotatable bonds is 5. The second-order valence-corrected chi connectivity index (χ2v) is 7.79. The lowest BCUT2D eigenvalue weighted by Gasteiger charge is -2.19. The van der Waals surface area contributed by atoms with Crippen molar-refractivity contribution >= 4 is 34.8 Å². The van der Waals surface area contributed by atoms with Crippen LogP contribution in [0, 0.1) is 5.82 Å². The molecule has 0 unspecified atom stereocenters. The molecule has 3 aromatic rings. The highest BCUT2D eigenvalue weighted by Crippen LogP contribution is 2.29. The van der Waals surface area contributed by atoms with Crippen molar-refractivity contribution in [3.05, 3.63) is 99.3 Å². The summed E-state index contributed by atoms with van der Waals surface area (Å²) in [6, 6.07) is 15.8. The molecule has 0 aromatic heterocycles. The van der Waals surface area contributed by atoms with E-state index in [9.17, 15) is 18.8 Å². The summed E-state index contributed by atoms with van der Waals surface area (Å²) in [5.41, 5.74) is 2.02. The summed E-state index contributed by atoms with van der Waals surface area (Å²) in [6.07, 6.45) is 0. The van der Waals surface area contributed by atoms with E-state index in [1.54, 1.807) is 54.4 Å². The molecule has 0 spiro atoms. The van der Waals surface area contributed by atoms with Crippen LogP contribution in [-0.2, 0) is 11.3 Å². The quantitative estimate of drug-likeness (QED) is 0.506. The number of likely N-dealkylation sites (N-methyl/N-ethyl adjacent to an activating group) is 1. The minimum atomic E-state index is -0.432. The van der Waals surface area contributed by atoms with Crippen LogP contribution in [0.5, 0.6) is 0 Å². The van der Waals surface area contributed by atoms with E-state index < -0.39 is 5.82 Å². The number of benzene rings is 3. The number of nitrogens with zero attached hydrogens (tertiary/aromatic N) is 1. The lowest BCUT2D eigenvalue weighted by molar-refractivity contribution is -0.117. The number of ketones is 2. The predicted molar refractivity (Wildman–Crippen MR) is 116 cm³/mol. The van der Waals surface area contributed by atoms with Crippen LogP contribution in [0.1, 0.15) is 37.4 Å². The zero-order chi connectivity index (χ0) is 22.1. The standard InChI is InChI=1S/C24H18ClFN2O3/c1-28(12-19-20(25)7-4-8-21(19)26)13-22(29)27-14-9-10-17-18(11-14)24(31)16-6-3-2-5-15(16)23(17)30/h2-11H,12-13H2,1H3,(H,27,29). The van der Waals surface area contributed by atoms with Crippen molar-refractivity contribution in [1.82, 2.24) is 4.90 Å². The van der Waals surface area contributed by atoms with Gasteiger partial charge in [-0.15, -0.1) is 0 Å². The molecule has 1 N–H and O–H groups in total. The Morgan fingerprint density at radius 1 is 0.935 bits per heavy atom. The van der Waals surface area contributed by atoms with Crippen LogP contribution in [0.15, 0.2) is 60.7 Å². The number of anilines is 1. The molecule has 0 heterocycles. The molecule has 3 aromatic carbocycles. The van der Waals surface area contributed by atoms with Gasteiger partial charge in [0, 0.05) is 45.1 Å². The first-order valence-electron chi connectivity index (χ1n) is 9.59. The zero-order valence-electron chi connectivity index (χ0n) is 16.6. The highest BCUT2D eigenvalue weighted by Gasteiger charge is 2.29. The Labute approximate surface area is 183 Å². The van der Waals surface area contributed by atoms with Gasteiger partial charge in [0.1, 0.15) is 5.82 Å². The van der Waals surface area contributed by atoms with E-state index in [2.05, 4.69) is 5.32 Å². The molecule has 0 radical (unpaired) electrons. The number of carbonyl (C=O) groups excluding carboxylic acids is 3. The van der Waals surface area contributed by atoms with E-state index in [1.165, 1.54) is 18.2 Å². The topological polar surface area (TPSA) is 66.5 Å². The Kier molecular flexibility index (Phi) is 5.67. The molecule has 1 aliphatic carbocycles. The van der Waals surface area contributed by atoms with Crippen LogP contribution in [0.25, 0.3) is 0 Å². The molecule has 0 saturated carbocycles. The highest BCUT2D eigenvalue weighted by atomic mass is 35.5. The smallest absolute Gasteiger partial charge is 0.238 e. The lowest BCUT2D eigenvalue weighted by atomic mass is 9.84. The van der Waals surface area contributed by atoms with Crippen molar-refractivity contribution in [2.75, 3.05) is 18.9 Å². The largest absolute Gasteiger partial charge is 0.325 e. The fraction of sp³-hybridized carbons (Fsp3) is 0.125. The first kappa shape index (κ1) is 20.9. The molecule has 0 atom stereocenters. The normalized spacial score (nSPS) is 12.5. The number of amides is 1. The molecule has 0 saturated heterocycles. The van der Waals surface area contributed by atoms with Crippen molar-refractivity contribution in [1.29, 1.82) is 0 Å². The third kappa shape index (κ3) is 4.13. The van der Waals surface area contributed by atoms with E-state index in [0.717, 1.165) is 0 Å². The summed E-state index contributed by atoms with van der Waals surface area (Å²) in [7, 11) is 1.67. The average Bonchev–Trinajstić information content (AvgIpc) is 2.74. The molecule has 0 fully saturated rings. The molecular formula is C24H18ClFN2O3. The molecule has 0 bridgehead atoms. The fourth-order valence-electron chi connectivity index (χ4n) is 3.63. The molecule has 1 amide bonds. The monoisotopic (exact) mass is 436 g/mol. The third-order valence-electron chi connectivity index (χ3n) is 5.11. The van der Waals surface area contributed by atoms with Gasteiger partial charge in [0.2, 0.25) is 5.91 Å². The number of carbonyl (C=O) groups is 3. The first-order valence-corrected chi connectivity index (χ1v) is 9.96. The molecule has 156 valence electrons. The Morgan fingerprint density at radius 2 is 1.58 bits per heavy atom. The number of hydrogen-bond donors (Lipinski definition) is 1. The van der Waals surface area contributed by atoms with Gasteiger partial charge in [-0.25, -0.2) is 4.39 Å². The fourth-order valence-corrected chi connectivity index (χ4v) is 3.85. The second kappa shape index (κ2) is 8.41. The summed E-state index contributed by atoms with van der Waals surface area (Å²) < 4.78 is 14.0. The summed E-state index contributed by atoms with van der Waals surface area (Å²) in [5, 5.41) is 3.02. The number of hydrogen-bond acceptors (Lipinski definition) is 4. The van der Waals surface area contributed by atoms with E-state index in [1.807, 2.05) is 0 Å². The van der Waals surface area contributed by atoms with E-state index in [0.29, 0.717) is 33.0 Å². The number of halogens is 2. The van der Waals surface area contributed by atoms with Gasteiger partial charge in [0.05, 0.1) is 6.54 Å². The second-order valence-electron chi connectivity index (χ2n) is 7.38. The first-order chi connectivity index (χ1) is 14.8. The lowest BCUT2D eigenvalue weighted by Crippen LogP contribution is -2.30. The maximum Gasteiger partial charge on any atom is 0.238 e. The van der Waals surface area contributed by atoms with Gasteiger partial charge in [-0.2, -0.15) is 0 Å². The number of nitrogens with one attached hydrogen (secondary N) is 1. The van der Waals surface area contributed by atoms with E-state index in [4.69, 9.17) is 11.6 Å². The van der Waals surface area contributed by atoms with Crippen LogP contribution < -0.4 is 5.32 Å². The minimum Gasteiger partial charge on any atom is -0.325 e. The molecule has 4 rings (SSSR count). The SMILES string of the molecule is CN(CC(=O)Nc1ccc2c(c1)C(=O)c1ccccc1C2=O)Cc1c(F)cccc1Cl. The van der Waals surface area contributed by atoms with Gasteiger partial charge >= 0.3 is 0 Å². The molecule has 31 heavy (non-hydrogen) atoms. The van der Waals surface area contributed by atoms with Crippen molar-refractivity contribution in [3.8, 4) is 0 Å². The Balaban J connectivity index is 1.47. The van der Waals surface area contributed by atoms with Gasteiger partial charge in [-0.05, 0) is 37.4 Å². The van der Waals surface area contributed by atoms with Gasteiger partial charge in [-0.3, -0.25) is 19.3 Å². The number of fused-ring (bicyclic) bond motifs is 2. The van der Waals surface area contributed by atoms with Crippen molar-refractivity contribution in [3.63, 3.8) is 0 Å². The molecular weight excluding hydrogens is 419 g/mol. The van der Waals surface area contributed by atoms with Crippen LogP contribution >= 0.6 is 11.6 Å². The van der Waals surface area contributed by atoms with Crippen molar-refractivity contribution < 1.29 is 18.8 Å². The molecule has 7 heteroatoms. The van der Waals surface area contributed by atoms with Gasteiger partial charge in [0.25, 0.3) is 0 Å². The Bertz CT molecular complexity index is 1200. The maximum atomic E-state index is 14.0. The van der Waals surface area contributed by atoms with Gasteiger partial charge in [0.15, 0.2) is 11.6 Å². The summed E-state index contributed by atoms with van der Waals surface area (Å²) >= 11 is 6.04. The zero-order valence-corrected chi connectivity index (χ0v) is 17.4. The molecule has 0 aliphatic heterocycles. The average molecular weight is 437 g/mol. The van der Waals surface area contributed by atoms with E-state index in [-0.39, 0.29) is 36.1 Å². The summed E-state index contributed by atoms with van der Waals surface area (Å²) in [6.45, 7) is 0.143. The van der Waals surface area contributed by atoms with Crippen LogP contribution in [0.3, 0.4) is 0 Å². The third-order valence-corrected chi connectivity index (χ3v) is 5.47. The van der Waals surface area contributed by atoms with Crippen molar-refractivity contribution in [2.45, 2.75) is 6.54 Å². The van der Waals surface area contributed by atoms with E-state index >= 15 is 0 Å². The maximum absolute atomic E-state index is 14.0. The van der Waals surface area contributed by atoms with Crippen molar-refractivity contribution in [2.24, 2.45) is 0 Å². The minimum absolute atomic E-state index is 0.0164. The Hall–Kier alpha value is -3.35. The molecule has 5 nitrogen and oxygen atoms in total. The molecule has 1 aliphatic rings. The predicted octanol–water partition coefficient (Wildman–Crippen LogP) is 4.33. The van der Waals surface area contributed by atoms with Gasteiger partial charge in [-0.1, -0.05) is 41.9 Å². The highest BCUT2D eigenvalue weighted by molar-refractivity contribution is 6.31. The van der Waals surface area contributed by atoms with Crippen LogP contribution in [0.2, 0.25) is 5.02 Å². The Morgan fingerprint density at radius 3 is 2.26 bits per heavy atom. The van der Waals surface area contributed by atoms with Crippen LogP contribution in [0.4, 0.5) is 10.1 Å².